The molecule has 8 heavy (non-hydrogen) atoms. The van der Waals surface area contributed by atoms with Crippen molar-refractivity contribution in [2.75, 3.05) is 0 Å². The molecule has 0 unspecified atom stereocenters. The lowest BCUT2D eigenvalue weighted by Crippen LogP contribution is -1.97. The van der Waals surface area contributed by atoms with Gasteiger partial charge in [0.25, 0.3) is 0 Å². The zero-order chi connectivity index (χ0) is 5.56. The summed E-state index contributed by atoms with van der Waals surface area (Å²) >= 11 is 0. The van der Waals surface area contributed by atoms with Crippen LogP contribution in [0.3, 0.4) is 0 Å². The molecule has 2 aliphatic rings. The Labute approximate surface area is 49.2 Å². The standard InChI is InChI=1S/C8H8/c1-6-4-7-2-3-8(7)5-6/h4-5H,1-3H2. The predicted molar refractivity (Wildman–Crippen MR) is 34.5 cm³/mol. The van der Waals surface area contributed by atoms with E-state index in [0.717, 1.165) is 0 Å². The molecule has 0 nitrogen and oxygen atoms in total. The summed E-state index contributed by atoms with van der Waals surface area (Å²) in [5.74, 6) is 0. The van der Waals surface area contributed by atoms with Gasteiger partial charge in [-0.05, 0) is 29.6 Å². The minimum atomic E-state index is 1.19. The molecule has 0 aromatic heterocycles. The van der Waals surface area contributed by atoms with Crippen LogP contribution in [0.4, 0.5) is 0 Å². The van der Waals surface area contributed by atoms with E-state index in [1.165, 1.54) is 29.6 Å². The zero-order valence-electron chi connectivity index (χ0n) is 4.78. The Morgan fingerprint density at radius 2 is 1.62 bits per heavy atom. The molecule has 0 aliphatic heterocycles. The van der Waals surface area contributed by atoms with Crippen molar-refractivity contribution in [3.8, 4) is 0 Å². The van der Waals surface area contributed by atoms with Gasteiger partial charge in [0, 0.05) is 0 Å². The average Bonchev–Trinajstić information content (AvgIpc) is 1.91. The SMILES string of the molecule is C=C1C=C2CCC2=C1. The quantitative estimate of drug-likeness (QED) is 0.442. The topological polar surface area (TPSA) is 0 Å². The molecule has 1 fully saturated rings. The molecule has 40 valence electrons. The molecular weight excluding hydrogens is 96.1 g/mol. The van der Waals surface area contributed by atoms with Crippen molar-refractivity contribution < 1.29 is 0 Å². The molecule has 0 spiro atoms. The van der Waals surface area contributed by atoms with E-state index in [2.05, 4.69) is 18.7 Å². The summed E-state index contributed by atoms with van der Waals surface area (Å²) < 4.78 is 0. The van der Waals surface area contributed by atoms with Crippen LogP contribution in [0.2, 0.25) is 0 Å². The Morgan fingerprint density at radius 1 is 1.12 bits per heavy atom. The van der Waals surface area contributed by atoms with Crippen LogP contribution in [-0.2, 0) is 0 Å². The Hall–Kier alpha value is -0.780. The van der Waals surface area contributed by atoms with Crippen LogP contribution in [0.25, 0.3) is 0 Å². The summed E-state index contributed by atoms with van der Waals surface area (Å²) in [5.41, 5.74) is 4.23. The highest BCUT2D eigenvalue weighted by molar-refractivity contribution is 5.55. The third kappa shape index (κ3) is 0.353. The van der Waals surface area contributed by atoms with Gasteiger partial charge in [-0.2, -0.15) is 0 Å². The molecule has 2 rings (SSSR count). The molecule has 0 bridgehead atoms. The maximum Gasteiger partial charge on any atom is -0.0235 e. The van der Waals surface area contributed by atoms with Gasteiger partial charge in [-0.1, -0.05) is 18.7 Å². The smallest absolute Gasteiger partial charge is 0.0235 e. The summed E-state index contributed by atoms with van der Waals surface area (Å²) in [5, 5.41) is 0. The van der Waals surface area contributed by atoms with E-state index in [1.54, 1.807) is 0 Å². The molecular formula is C8H8. The molecule has 0 heteroatoms. The number of hydrogen-bond acceptors (Lipinski definition) is 0. The third-order valence-electron chi connectivity index (χ3n) is 1.80. The van der Waals surface area contributed by atoms with Gasteiger partial charge in [-0.25, -0.2) is 0 Å². The van der Waals surface area contributed by atoms with Gasteiger partial charge in [0.15, 0.2) is 0 Å². The first-order chi connectivity index (χ1) is 3.86. The third-order valence-corrected chi connectivity index (χ3v) is 1.80. The Balaban J connectivity index is 2.49. The molecule has 0 radical (unpaired) electrons. The highest BCUT2D eigenvalue weighted by Crippen LogP contribution is 2.38. The number of rotatable bonds is 0. The van der Waals surface area contributed by atoms with Crippen molar-refractivity contribution in [1.82, 2.24) is 0 Å². The van der Waals surface area contributed by atoms with Crippen LogP contribution in [0.15, 0.2) is 35.5 Å². The van der Waals surface area contributed by atoms with Crippen LogP contribution >= 0.6 is 0 Å². The van der Waals surface area contributed by atoms with Crippen molar-refractivity contribution >= 4 is 0 Å². The molecule has 0 amide bonds. The van der Waals surface area contributed by atoms with Gasteiger partial charge in [0.05, 0.1) is 0 Å². The highest BCUT2D eigenvalue weighted by atomic mass is 14.2. The second-order valence-electron chi connectivity index (χ2n) is 2.41. The fraction of sp³-hybridized carbons (Fsp3) is 0.250. The van der Waals surface area contributed by atoms with Crippen molar-refractivity contribution in [3.05, 3.63) is 35.5 Å². The summed E-state index contributed by atoms with van der Waals surface area (Å²) in [7, 11) is 0. The van der Waals surface area contributed by atoms with Gasteiger partial charge in [-0.3, -0.25) is 0 Å². The summed E-state index contributed by atoms with van der Waals surface area (Å²) in [6.45, 7) is 3.84. The van der Waals surface area contributed by atoms with Crippen LogP contribution in [-0.4, -0.2) is 0 Å². The number of fused-ring (bicyclic) bond motifs is 1. The molecule has 0 aromatic rings. The van der Waals surface area contributed by atoms with Crippen molar-refractivity contribution in [2.45, 2.75) is 12.8 Å². The maximum absolute atomic E-state index is 3.84. The average molecular weight is 104 g/mol. The lowest BCUT2D eigenvalue weighted by Gasteiger charge is -2.16. The van der Waals surface area contributed by atoms with E-state index >= 15 is 0 Å². The molecule has 0 heterocycles. The van der Waals surface area contributed by atoms with E-state index in [9.17, 15) is 0 Å². The van der Waals surface area contributed by atoms with Gasteiger partial charge >= 0.3 is 0 Å². The highest BCUT2D eigenvalue weighted by Gasteiger charge is 2.19. The van der Waals surface area contributed by atoms with E-state index in [0.29, 0.717) is 0 Å². The first-order valence-corrected chi connectivity index (χ1v) is 2.97. The normalized spacial score (nSPS) is 23.8. The van der Waals surface area contributed by atoms with Gasteiger partial charge in [0.2, 0.25) is 0 Å². The van der Waals surface area contributed by atoms with Crippen LogP contribution < -0.4 is 0 Å². The summed E-state index contributed by atoms with van der Waals surface area (Å²) in [6, 6.07) is 0. The molecule has 0 aromatic carbocycles. The van der Waals surface area contributed by atoms with Gasteiger partial charge < -0.3 is 0 Å². The maximum atomic E-state index is 3.84. The first kappa shape index (κ1) is 4.13. The fourth-order valence-electron chi connectivity index (χ4n) is 1.23. The predicted octanol–water partition coefficient (Wildman–Crippen LogP) is 2.20. The van der Waals surface area contributed by atoms with E-state index in [-0.39, 0.29) is 0 Å². The fourth-order valence-corrected chi connectivity index (χ4v) is 1.23. The second kappa shape index (κ2) is 1.13. The number of allylic oxidation sites excluding steroid dienone is 5. The minimum absolute atomic E-state index is 1.19. The molecule has 2 aliphatic carbocycles. The van der Waals surface area contributed by atoms with Gasteiger partial charge in [-0.15, -0.1) is 0 Å². The van der Waals surface area contributed by atoms with Crippen LogP contribution in [0.1, 0.15) is 12.8 Å². The first-order valence-electron chi connectivity index (χ1n) is 2.97. The van der Waals surface area contributed by atoms with Gasteiger partial charge in [0.1, 0.15) is 0 Å². The Morgan fingerprint density at radius 3 is 1.88 bits per heavy atom. The molecule has 0 atom stereocenters. The van der Waals surface area contributed by atoms with Crippen LogP contribution in [0, 0.1) is 0 Å². The largest absolute Gasteiger partial charge is 0.0917 e. The van der Waals surface area contributed by atoms with Crippen molar-refractivity contribution in [1.29, 1.82) is 0 Å². The summed E-state index contributed by atoms with van der Waals surface area (Å²) in [6.07, 6.45) is 6.92. The lowest BCUT2D eigenvalue weighted by molar-refractivity contribution is 0.834. The molecule has 0 saturated heterocycles. The van der Waals surface area contributed by atoms with E-state index in [4.69, 9.17) is 0 Å². The Bertz CT molecular complexity index is 182. The molecule has 1 saturated carbocycles. The summed E-state index contributed by atoms with van der Waals surface area (Å²) in [4.78, 5) is 0. The molecule has 0 N–H and O–H groups in total. The monoisotopic (exact) mass is 104 g/mol. The van der Waals surface area contributed by atoms with E-state index < -0.39 is 0 Å². The lowest BCUT2D eigenvalue weighted by atomic mass is 9.89. The zero-order valence-corrected chi connectivity index (χ0v) is 4.78. The van der Waals surface area contributed by atoms with E-state index in [1.807, 2.05) is 0 Å². The van der Waals surface area contributed by atoms with Crippen LogP contribution in [0.5, 0.6) is 0 Å². The Kier molecular flexibility index (Phi) is 0.587. The van der Waals surface area contributed by atoms with Crippen molar-refractivity contribution in [3.63, 3.8) is 0 Å². The van der Waals surface area contributed by atoms with Crippen molar-refractivity contribution in [2.24, 2.45) is 0 Å². The number of hydrogen-bond donors (Lipinski definition) is 0. The second-order valence-corrected chi connectivity index (χ2v) is 2.41. The minimum Gasteiger partial charge on any atom is -0.0917 e.